The molecule has 0 fully saturated rings. The Labute approximate surface area is 109 Å². The zero-order valence-corrected chi connectivity index (χ0v) is 11.3. The Bertz CT molecular complexity index is 504. The van der Waals surface area contributed by atoms with Crippen molar-refractivity contribution in [3.8, 4) is 0 Å². The lowest BCUT2D eigenvalue weighted by Crippen LogP contribution is -2.10. The Morgan fingerprint density at radius 1 is 1.00 bits per heavy atom. The summed E-state index contributed by atoms with van der Waals surface area (Å²) in [6.07, 6.45) is 0. The van der Waals surface area contributed by atoms with Gasteiger partial charge in [0.2, 0.25) is 0 Å². The van der Waals surface area contributed by atoms with Crippen molar-refractivity contribution in [2.75, 3.05) is 24.3 Å². The van der Waals surface area contributed by atoms with Crippen LogP contribution in [0.5, 0.6) is 0 Å². The zero-order chi connectivity index (χ0) is 13.0. The van der Waals surface area contributed by atoms with E-state index in [9.17, 15) is 0 Å². The molecule has 0 aliphatic rings. The van der Waals surface area contributed by atoms with E-state index in [-0.39, 0.29) is 0 Å². The van der Waals surface area contributed by atoms with Crippen LogP contribution >= 0.6 is 0 Å². The Morgan fingerprint density at radius 2 is 1.72 bits per heavy atom. The highest BCUT2D eigenvalue weighted by Crippen LogP contribution is 2.22. The van der Waals surface area contributed by atoms with Crippen molar-refractivity contribution in [3.05, 3.63) is 59.7 Å². The number of nitrogens with zero attached hydrogens (tertiary/aromatic N) is 1. The first-order chi connectivity index (χ1) is 8.66. The summed E-state index contributed by atoms with van der Waals surface area (Å²) < 4.78 is 0. The largest absolute Gasteiger partial charge is 0.381 e. The third kappa shape index (κ3) is 3.04. The normalized spacial score (nSPS) is 10.2. The van der Waals surface area contributed by atoms with Gasteiger partial charge in [-0.25, -0.2) is 0 Å². The fourth-order valence-electron chi connectivity index (χ4n) is 2.00. The Morgan fingerprint density at radius 3 is 2.39 bits per heavy atom. The molecule has 0 amide bonds. The first-order valence-corrected chi connectivity index (χ1v) is 6.22. The molecule has 2 rings (SSSR count). The molecular weight excluding hydrogens is 220 g/mol. The molecule has 0 aliphatic carbocycles. The van der Waals surface area contributed by atoms with Gasteiger partial charge in [-0.1, -0.05) is 36.4 Å². The van der Waals surface area contributed by atoms with Gasteiger partial charge in [-0.05, 0) is 30.2 Å². The van der Waals surface area contributed by atoms with E-state index < -0.39 is 0 Å². The molecule has 2 heteroatoms. The predicted molar refractivity (Wildman–Crippen MR) is 79.3 cm³/mol. The molecule has 0 aliphatic heterocycles. The first-order valence-electron chi connectivity index (χ1n) is 6.22. The highest BCUT2D eigenvalue weighted by atomic mass is 15.1. The van der Waals surface area contributed by atoms with Crippen LogP contribution in [0.1, 0.15) is 11.1 Å². The summed E-state index contributed by atoms with van der Waals surface area (Å²) in [5.74, 6) is 0. The van der Waals surface area contributed by atoms with E-state index in [1.54, 1.807) is 0 Å². The monoisotopic (exact) mass is 240 g/mol. The standard InChI is InChI=1S/C16H20N2/c1-13-9-10-15(11-16(13)18(2)3)17-12-14-7-5-4-6-8-14/h4-11,17H,12H2,1-3H3. The van der Waals surface area contributed by atoms with Gasteiger partial charge < -0.3 is 10.2 Å². The van der Waals surface area contributed by atoms with E-state index in [4.69, 9.17) is 0 Å². The van der Waals surface area contributed by atoms with E-state index in [0.29, 0.717) is 0 Å². The summed E-state index contributed by atoms with van der Waals surface area (Å²) in [4.78, 5) is 2.14. The number of nitrogens with one attached hydrogen (secondary N) is 1. The summed E-state index contributed by atoms with van der Waals surface area (Å²) in [6, 6.07) is 16.9. The number of rotatable bonds is 4. The average Bonchev–Trinajstić information content (AvgIpc) is 2.38. The molecule has 2 nitrogen and oxygen atoms in total. The van der Waals surface area contributed by atoms with Crippen LogP contribution in [-0.4, -0.2) is 14.1 Å². The molecule has 0 unspecified atom stereocenters. The number of aryl methyl sites for hydroxylation is 1. The van der Waals surface area contributed by atoms with E-state index >= 15 is 0 Å². The van der Waals surface area contributed by atoms with Crippen LogP contribution in [0, 0.1) is 6.92 Å². The first kappa shape index (κ1) is 12.5. The molecule has 2 aromatic carbocycles. The Kier molecular flexibility index (Phi) is 3.88. The quantitative estimate of drug-likeness (QED) is 0.877. The molecular formula is C16H20N2. The topological polar surface area (TPSA) is 15.3 Å². The molecule has 0 aromatic heterocycles. The van der Waals surface area contributed by atoms with Gasteiger partial charge in [0.25, 0.3) is 0 Å². The SMILES string of the molecule is Cc1ccc(NCc2ccccc2)cc1N(C)C. The number of hydrogen-bond donors (Lipinski definition) is 1. The molecule has 94 valence electrons. The second-order valence-corrected chi connectivity index (χ2v) is 4.73. The summed E-state index contributed by atoms with van der Waals surface area (Å²) in [7, 11) is 4.15. The third-order valence-corrected chi connectivity index (χ3v) is 3.03. The van der Waals surface area contributed by atoms with Crippen molar-refractivity contribution in [2.45, 2.75) is 13.5 Å². The maximum atomic E-state index is 3.46. The lowest BCUT2D eigenvalue weighted by Gasteiger charge is -2.17. The fourth-order valence-corrected chi connectivity index (χ4v) is 2.00. The van der Waals surface area contributed by atoms with Gasteiger partial charge in [-0.15, -0.1) is 0 Å². The van der Waals surface area contributed by atoms with Crippen molar-refractivity contribution in [3.63, 3.8) is 0 Å². The van der Waals surface area contributed by atoms with Crippen LogP contribution in [0.4, 0.5) is 11.4 Å². The van der Waals surface area contributed by atoms with E-state index in [1.165, 1.54) is 16.8 Å². The van der Waals surface area contributed by atoms with Crippen molar-refractivity contribution in [1.29, 1.82) is 0 Å². The van der Waals surface area contributed by atoms with Gasteiger partial charge in [0, 0.05) is 32.0 Å². The van der Waals surface area contributed by atoms with E-state index in [1.807, 2.05) is 6.07 Å². The van der Waals surface area contributed by atoms with Crippen LogP contribution in [-0.2, 0) is 6.54 Å². The predicted octanol–water partition coefficient (Wildman–Crippen LogP) is 3.67. The minimum Gasteiger partial charge on any atom is -0.381 e. The lowest BCUT2D eigenvalue weighted by molar-refractivity contribution is 1.10. The van der Waals surface area contributed by atoms with Gasteiger partial charge >= 0.3 is 0 Å². The molecule has 0 bridgehead atoms. The van der Waals surface area contributed by atoms with Crippen molar-refractivity contribution in [1.82, 2.24) is 0 Å². The van der Waals surface area contributed by atoms with Crippen LogP contribution in [0.3, 0.4) is 0 Å². The maximum Gasteiger partial charge on any atom is 0.0411 e. The van der Waals surface area contributed by atoms with Gasteiger partial charge in [0.1, 0.15) is 0 Å². The minimum atomic E-state index is 0.858. The molecule has 0 heterocycles. The third-order valence-electron chi connectivity index (χ3n) is 3.03. The van der Waals surface area contributed by atoms with Gasteiger partial charge in [-0.2, -0.15) is 0 Å². The molecule has 0 atom stereocenters. The molecule has 0 spiro atoms. The smallest absolute Gasteiger partial charge is 0.0411 e. The van der Waals surface area contributed by atoms with Crippen LogP contribution in [0.2, 0.25) is 0 Å². The fraction of sp³-hybridized carbons (Fsp3) is 0.250. The molecule has 0 radical (unpaired) electrons. The summed E-state index contributed by atoms with van der Waals surface area (Å²) in [5, 5.41) is 3.46. The summed E-state index contributed by atoms with van der Waals surface area (Å²) in [5.41, 5.74) is 5.01. The van der Waals surface area contributed by atoms with E-state index in [0.717, 1.165) is 12.2 Å². The van der Waals surface area contributed by atoms with E-state index in [2.05, 4.69) is 73.7 Å². The van der Waals surface area contributed by atoms with Crippen molar-refractivity contribution in [2.24, 2.45) is 0 Å². The highest BCUT2D eigenvalue weighted by molar-refractivity contribution is 5.61. The summed E-state index contributed by atoms with van der Waals surface area (Å²) >= 11 is 0. The molecule has 0 saturated carbocycles. The number of hydrogen-bond acceptors (Lipinski definition) is 2. The average molecular weight is 240 g/mol. The van der Waals surface area contributed by atoms with Gasteiger partial charge in [0.15, 0.2) is 0 Å². The van der Waals surface area contributed by atoms with Crippen molar-refractivity contribution < 1.29 is 0 Å². The second kappa shape index (κ2) is 5.58. The van der Waals surface area contributed by atoms with Crippen molar-refractivity contribution >= 4 is 11.4 Å². The number of benzene rings is 2. The molecule has 1 N–H and O–H groups in total. The number of anilines is 2. The van der Waals surface area contributed by atoms with Crippen LogP contribution in [0.25, 0.3) is 0 Å². The Hall–Kier alpha value is -1.96. The van der Waals surface area contributed by atoms with Crippen LogP contribution < -0.4 is 10.2 Å². The zero-order valence-electron chi connectivity index (χ0n) is 11.3. The second-order valence-electron chi connectivity index (χ2n) is 4.73. The minimum absolute atomic E-state index is 0.858. The van der Waals surface area contributed by atoms with Gasteiger partial charge in [-0.3, -0.25) is 0 Å². The highest BCUT2D eigenvalue weighted by Gasteiger charge is 2.02. The Balaban J connectivity index is 2.08. The van der Waals surface area contributed by atoms with Crippen LogP contribution in [0.15, 0.2) is 48.5 Å². The molecule has 18 heavy (non-hydrogen) atoms. The summed E-state index contributed by atoms with van der Waals surface area (Å²) in [6.45, 7) is 2.99. The molecule has 2 aromatic rings. The maximum absolute atomic E-state index is 3.46. The molecule has 0 saturated heterocycles. The van der Waals surface area contributed by atoms with Gasteiger partial charge in [0.05, 0.1) is 0 Å². The lowest BCUT2D eigenvalue weighted by atomic mass is 10.1.